The highest BCUT2D eigenvalue weighted by molar-refractivity contribution is 5.32. The largest absolute Gasteiger partial charge is 0.349 e. The lowest BCUT2D eigenvalue weighted by Crippen LogP contribution is -2.45. The van der Waals surface area contributed by atoms with Crippen LogP contribution in [0.25, 0.3) is 0 Å². The predicted molar refractivity (Wildman–Crippen MR) is 57.0 cm³/mol. The number of nitrogens with two attached hydrogens (primary N) is 1. The third-order valence-corrected chi connectivity index (χ3v) is 3.12. The van der Waals surface area contributed by atoms with Crippen LogP contribution in [-0.2, 0) is 7.05 Å². The molecule has 0 amide bonds. The molecule has 14 heavy (non-hydrogen) atoms. The molecule has 3 N–H and O–H groups in total. The van der Waals surface area contributed by atoms with Crippen LogP contribution in [0.15, 0.2) is 12.4 Å². The summed E-state index contributed by atoms with van der Waals surface area (Å²) >= 11 is 0. The summed E-state index contributed by atoms with van der Waals surface area (Å²) < 4.78 is 1.98. The van der Waals surface area contributed by atoms with Crippen LogP contribution in [0.2, 0.25) is 0 Å². The number of anilines is 1. The average molecular weight is 194 g/mol. The van der Waals surface area contributed by atoms with E-state index in [-0.39, 0.29) is 5.54 Å². The summed E-state index contributed by atoms with van der Waals surface area (Å²) in [7, 11) is 1.99. The van der Waals surface area contributed by atoms with Gasteiger partial charge in [0, 0.05) is 26.0 Å². The Morgan fingerprint density at radius 1 is 1.71 bits per heavy atom. The molecule has 1 aliphatic carbocycles. The molecule has 1 saturated carbocycles. The van der Waals surface area contributed by atoms with Gasteiger partial charge in [-0.2, -0.15) is 0 Å². The summed E-state index contributed by atoms with van der Waals surface area (Å²) in [5.41, 5.74) is 5.83. The van der Waals surface area contributed by atoms with Gasteiger partial charge in [-0.3, -0.25) is 0 Å². The quantitative estimate of drug-likeness (QED) is 0.750. The van der Waals surface area contributed by atoms with Crippen LogP contribution in [0.3, 0.4) is 0 Å². The Kier molecular flexibility index (Phi) is 2.23. The molecule has 2 rings (SSSR count). The van der Waals surface area contributed by atoms with Gasteiger partial charge < -0.3 is 15.6 Å². The number of rotatable bonds is 4. The first-order valence-corrected chi connectivity index (χ1v) is 5.11. The molecule has 1 aromatic heterocycles. The second kappa shape index (κ2) is 3.28. The molecule has 0 saturated heterocycles. The lowest BCUT2D eigenvalue weighted by atomic mass is 9.96. The Balaban J connectivity index is 2.11. The fraction of sp³-hybridized carbons (Fsp3) is 0.700. The summed E-state index contributed by atoms with van der Waals surface area (Å²) in [5, 5.41) is 3.44. The van der Waals surface area contributed by atoms with Crippen LogP contribution < -0.4 is 11.1 Å². The zero-order valence-electron chi connectivity index (χ0n) is 8.83. The number of imidazole rings is 1. The molecule has 1 fully saturated rings. The van der Waals surface area contributed by atoms with Gasteiger partial charge in [0.15, 0.2) is 0 Å². The maximum atomic E-state index is 5.82. The monoisotopic (exact) mass is 194 g/mol. The first-order chi connectivity index (χ1) is 6.65. The molecular weight excluding hydrogens is 176 g/mol. The molecule has 1 aromatic rings. The molecule has 0 spiro atoms. The van der Waals surface area contributed by atoms with Crippen molar-refractivity contribution in [3.05, 3.63) is 12.4 Å². The van der Waals surface area contributed by atoms with Gasteiger partial charge in [-0.15, -0.1) is 0 Å². The summed E-state index contributed by atoms with van der Waals surface area (Å²) in [5.74, 6) is 1.62. The Hall–Kier alpha value is -1.03. The number of aryl methyl sites for hydroxylation is 1. The van der Waals surface area contributed by atoms with E-state index >= 15 is 0 Å². The van der Waals surface area contributed by atoms with E-state index in [1.54, 1.807) is 6.20 Å². The van der Waals surface area contributed by atoms with Crippen LogP contribution in [0.1, 0.15) is 19.8 Å². The Morgan fingerprint density at radius 2 is 2.43 bits per heavy atom. The smallest absolute Gasteiger partial charge is 0.202 e. The van der Waals surface area contributed by atoms with Gasteiger partial charge in [0.1, 0.15) is 0 Å². The lowest BCUT2D eigenvalue weighted by Gasteiger charge is -2.29. The van der Waals surface area contributed by atoms with Gasteiger partial charge in [-0.25, -0.2) is 4.98 Å². The van der Waals surface area contributed by atoms with Crippen LogP contribution in [0.5, 0.6) is 0 Å². The topological polar surface area (TPSA) is 55.9 Å². The van der Waals surface area contributed by atoms with Crippen molar-refractivity contribution in [3.63, 3.8) is 0 Å². The molecule has 1 unspecified atom stereocenters. The third kappa shape index (κ3) is 1.62. The molecule has 78 valence electrons. The second-order valence-corrected chi connectivity index (χ2v) is 4.38. The molecule has 1 heterocycles. The van der Waals surface area contributed by atoms with E-state index in [9.17, 15) is 0 Å². The molecule has 0 radical (unpaired) electrons. The van der Waals surface area contributed by atoms with Gasteiger partial charge in [0.25, 0.3) is 0 Å². The number of nitrogens with zero attached hydrogens (tertiary/aromatic N) is 2. The van der Waals surface area contributed by atoms with Crippen molar-refractivity contribution in [2.45, 2.75) is 25.3 Å². The highest BCUT2D eigenvalue weighted by atomic mass is 15.2. The standard InChI is InChI=1S/C10H18N4/c1-10(7-11,8-3-4-8)13-9-12-5-6-14(9)2/h5-6,8H,3-4,7,11H2,1-2H3,(H,12,13). The summed E-state index contributed by atoms with van der Waals surface area (Å²) in [4.78, 5) is 4.26. The minimum atomic E-state index is 0.0130. The van der Waals surface area contributed by atoms with E-state index in [2.05, 4.69) is 17.2 Å². The zero-order valence-corrected chi connectivity index (χ0v) is 8.83. The minimum Gasteiger partial charge on any atom is -0.349 e. The van der Waals surface area contributed by atoms with Crippen molar-refractivity contribution in [1.82, 2.24) is 9.55 Å². The molecule has 4 heteroatoms. The van der Waals surface area contributed by atoms with E-state index in [1.165, 1.54) is 12.8 Å². The molecule has 0 aliphatic heterocycles. The fourth-order valence-electron chi connectivity index (χ4n) is 1.78. The van der Waals surface area contributed by atoms with Crippen molar-refractivity contribution < 1.29 is 0 Å². The van der Waals surface area contributed by atoms with E-state index in [0.29, 0.717) is 12.5 Å². The Morgan fingerprint density at radius 3 is 2.86 bits per heavy atom. The lowest BCUT2D eigenvalue weighted by molar-refractivity contribution is 0.454. The van der Waals surface area contributed by atoms with Crippen molar-refractivity contribution >= 4 is 5.95 Å². The average Bonchev–Trinajstić information content (AvgIpc) is 2.95. The van der Waals surface area contributed by atoms with Gasteiger partial charge in [-0.05, 0) is 25.7 Å². The van der Waals surface area contributed by atoms with E-state index in [4.69, 9.17) is 5.73 Å². The van der Waals surface area contributed by atoms with E-state index < -0.39 is 0 Å². The SMILES string of the molecule is Cn1ccnc1NC(C)(CN)C1CC1. The van der Waals surface area contributed by atoms with E-state index in [0.717, 1.165) is 5.95 Å². The fourth-order valence-corrected chi connectivity index (χ4v) is 1.78. The van der Waals surface area contributed by atoms with Crippen molar-refractivity contribution in [3.8, 4) is 0 Å². The van der Waals surface area contributed by atoms with Crippen LogP contribution in [0, 0.1) is 5.92 Å². The van der Waals surface area contributed by atoms with Gasteiger partial charge in [-0.1, -0.05) is 0 Å². The maximum absolute atomic E-state index is 5.82. The number of hydrogen-bond acceptors (Lipinski definition) is 3. The molecule has 0 bridgehead atoms. The molecular formula is C10H18N4. The molecule has 1 aliphatic rings. The first kappa shape index (κ1) is 9.52. The van der Waals surface area contributed by atoms with Crippen molar-refractivity contribution in [1.29, 1.82) is 0 Å². The molecule has 4 nitrogen and oxygen atoms in total. The zero-order chi connectivity index (χ0) is 10.2. The van der Waals surface area contributed by atoms with Gasteiger partial charge in [0.2, 0.25) is 5.95 Å². The van der Waals surface area contributed by atoms with Crippen LogP contribution in [-0.4, -0.2) is 21.6 Å². The number of aromatic nitrogens is 2. The number of hydrogen-bond donors (Lipinski definition) is 2. The Bertz CT molecular complexity index is 316. The highest BCUT2D eigenvalue weighted by Gasteiger charge is 2.41. The maximum Gasteiger partial charge on any atom is 0.202 e. The summed E-state index contributed by atoms with van der Waals surface area (Å²) in [6.45, 7) is 2.84. The predicted octanol–water partition coefficient (Wildman–Crippen LogP) is 0.959. The van der Waals surface area contributed by atoms with Crippen molar-refractivity contribution in [2.24, 2.45) is 18.7 Å². The first-order valence-electron chi connectivity index (χ1n) is 5.11. The number of nitrogens with one attached hydrogen (secondary N) is 1. The molecule has 0 aromatic carbocycles. The summed E-state index contributed by atoms with van der Waals surface area (Å²) in [6.07, 6.45) is 6.30. The van der Waals surface area contributed by atoms with Gasteiger partial charge in [0.05, 0.1) is 5.54 Å². The minimum absolute atomic E-state index is 0.0130. The second-order valence-electron chi connectivity index (χ2n) is 4.38. The van der Waals surface area contributed by atoms with Gasteiger partial charge >= 0.3 is 0 Å². The Labute approximate surface area is 84.5 Å². The normalized spacial score (nSPS) is 20.5. The summed E-state index contributed by atoms with van der Waals surface area (Å²) in [6, 6.07) is 0. The third-order valence-electron chi connectivity index (χ3n) is 3.12. The van der Waals surface area contributed by atoms with E-state index in [1.807, 2.05) is 17.8 Å². The molecule has 1 atom stereocenters. The van der Waals surface area contributed by atoms with Crippen molar-refractivity contribution in [2.75, 3.05) is 11.9 Å². The van der Waals surface area contributed by atoms with Crippen LogP contribution in [0.4, 0.5) is 5.95 Å². The highest BCUT2D eigenvalue weighted by Crippen LogP contribution is 2.40. The van der Waals surface area contributed by atoms with Crippen LogP contribution >= 0.6 is 0 Å².